The van der Waals surface area contributed by atoms with Crippen molar-refractivity contribution in [3.05, 3.63) is 39.9 Å². The Morgan fingerprint density at radius 3 is 2.25 bits per heavy atom. The lowest BCUT2D eigenvalue weighted by atomic mass is 9.93. The van der Waals surface area contributed by atoms with E-state index < -0.39 is 0 Å². The van der Waals surface area contributed by atoms with Crippen LogP contribution in [0.2, 0.25) is 10.0 Å². The molecule has 1 rings (SSSR count). The Hall–Kier alpha value is -0.990. The van der Waals surface area contributed by atoms with Crippen molar-refractivity contribution < 1.29 is 4.79 Å². The number of amides is 1. The molecule has 0 spiro atoms. The molecule has 0 aliphatic rings. The van der Waals surface area contributed by atoms with Gasteiger partial charge in [0.1, 0.15) is 0 Å². The minimum Gasteiger partial charge on any atom is -0.349 e. The number of carbonyl (C=O) groups excluding carboxylic acids is 1. The van der Waals surface area contributed by atoms with E-state index in [1.165, 1.54) is 6.08 Å². The maximum Gasteiger partial charge on any atom is 0.244 e. The minimum atomic E-state index is -0.108. The van der Waals surface area contributed by atoms with Gasteiger partial charge < -0.3 is 5.32 Å². The van der Waals surface area contributed by atoms with E-state index in [0.29, 0.717) is 21.9 Å². The number of rotatable bonds is 5. The SMILES string of the molecule is CC(C)C(NC(=O)/C=C/c1ccc(Cl)cc1Cl)C(C)C. The number of nitrogens with one attached hydrogen (secondary N) is 1. The lowest BCUT2D eigenvalue weighted by molar-refractivity contribution is -0.117. The fraction of sp³-hybridized carbons (Fsp3) is 0.438. The molecule has 0 aliphatic carbocycles. The Morgan fingerprint density at radius 1 is 1.15 bits per heavy atom. The molecule has 110 valence electrons. The van der Waals surface area contributed by atoms with Gasteiger partial charge in [-0.3, -0.25) is 4.79 Å². The van der Waals surface area contributed by atoms with Crippen LogP contribution < -0.4 is 5.32 Å². The molecule has 1 amide bonds. The van der Waals surface area contributed by atoms with Crippen LogP contribution in [0.4, 0.5) is 0 Å². The third-order valence-corrected chi connectivity index (χ3v) is 3.68. The quantitative estimate of drug-likeness (QED) is 0.777. The van der Waals surface area contributed by atoms with Crippen LogP contribution >= 0.6 is 23.2 Å². The maximum absolute atomic E-state index is 11.9. The van der Waals surface area contributed by atoms with Crippen LogP contribution in [0.3, 0.4) is 0 Å². The van der Waals surface area contributed by atoms with Gasteiger partial charge in [-0.1, -0.05) is 57.0 Å². The summed E-state index contributed by atoms with van der Waals surface area (Å²) in [5.41, 5.74) is 0.775. The fourth-order valence-corrected chi connectivity index (χ4v) is 2.59. The second-order valence-corrected chi connectivity index (χ2v) is 6.37. The Morgan fingerprint density at radius 2 is 1.75 bits per heavy atom. The molecule has 0 fully saturated rings. The highest BCUT2D eigenvalue weighted by Gasteiger charge is 2.18. The average Bonchev–Trinajstić information content (AvgIpc) is 2.34. The van der Waals surface area contributed by atoms with Gasteiger partial charge in [-0.2, -0.15) is 0 Å². The third kappa shape index (κ3) is 5.18. The molecule has 0 bridgehead atoms. The Bertz CT molecular complexity index is 487. The Kier molecular flexibility index (Phi) is 6.57. The Labute approximate surface area is 131 Å². The van der Waals surface area contributed by atoms with E-state index in [2.05, 4.69) is 33.0 Å². The summed E-state index contributed by atoms with van der Waals surface area (Å²) in [5.74, 6) is 0.682. The summed E-state index contributed by atoms with van der Waals surface area (Å²) in [5, 5.41) is 4.14. The monoisotopic (exact) mass is 313 g/mol. The van der Waals surface area contributed by atoms with Crippen molar-refractivity contribution >= 4 is 35.2 Å². The topological polar surface area (TPSA) is 29.1 Å². The van der Waals surface area contributed by atoms with E-state index in [4.69, 9.17) is 23.2 Å². The van der Waals surface area contributed by atoms with Gasteiger partial charge in [-0.05, 0) is 35.6 Å². The predicted octanol–water partition coefficient (Wildman–Crippen LogP) is 4.80. The van der Waals surface area contributed by atoms with Crippen LogP contribution in [0.15, 0.2) is 24.3 Å². The van der Waals surface area contributed by atoms with Crippen LogP contribution in [-0.4, -0.2) is 11.9 Å². The second-order valence-electron chi connectivity index (χ2n) is 5.52. The van der Waals surface area contributed by atoms with Crippen LogP contribution in [0.5, 0.6) is 0 Å². The largest absolute Gasteiger partial charge is 0.349 e. The first-order valence-electron chi connectivity index (χ1n) is 6.75. The number of benzene rings is 1. The first-order chi connectivity index (χ1) is 9.31. The second kappa shape index (κ2) is 7.70. The van der Waals surface area contributed by atoms with Crippen molar-refractivity contribution in [2.45, 2.75) is 33.7 Å². The fourth-order valence-electron chi connectivity index (χ4n) is 2.12. The summed E-state index contributed by atoms with van der Waals surface area (Å²) in [6.45, 7) is 8.41. The summed E-state index contributed by atoms with van der Waals surface area (Å²) in [6.07, 6.45) is 3.21. The average molecular weight is 314 g/mol. The number of carbonyl (C=O) groups is 1. The van der Waals surface area contributed by atoms with E-state index in [1.54, 1.807) is 24.3 Å². The molecule has 0 radical (unpaired) electrons. The lowest BCUT2D eigenvalue weighted by Crippen LogP contribution is -2.41. The zero-order valence-electron chi connectivity index (χ0n) is 12.3. The predicted molar refractivity (Wildman–Crippen MR) is 87.1 cm³/mol. The first kappa shape index (κ1) is 17.1. The van der Waals surface area contributed by atoms with Crippen LogP contribution in [0.1, 0.15) is 33.3 Å². The highest BCUT2D eigenvalue weighted by Crippen LogP contribution is 2.22. The van der Waals surface area contributed by atoms with E-state index in [9.17, 15) is 4.79 Å². The summed E-state index contributed by atoms with van der Waals surface area (Å²) < 4.78 is 0. The molecule has 20 heavy (non-hydrogen) atoms. The first-order valence-corrected chi connectivity index (χ1v) is 7.50. The summed E-state index contributed by atoms with van der Waals surface area (Å²) in [4.78, 5) is 11.9. The zero-order chi connectivity index (χ0) is 15.3. The van der Waals surface area contributed by atoms with E-state index in [1.807, 2.05) is 0 Å². The van der Waals surface area contributed by atoms with Crippen molar-refractivity contribution in [3.8, 4) is 0 Å². The molecule has 0 aromatic heterocycles. The Balaban J connectivity index is 2.72. The molecular weight excluding hydrogens is 293 g/mol. The molecule has 0 saturated carbocycles. The van der Waals surface area contributed by atoms with Crippen molar-refractivity contribution in [3.63, 3.8) is 0 Å². The molecule has 2 nitrogen and oxygen atoms in total. The van der Waals surface area contributed by atoms with E-state index >= 15 is 0 Å². The van der Waals surface area contributed by atoms with Gasteiger partial charge in [0.05, 0.1) is 0 Å². The molecule has 0 heterocycles. The molecule has 1 aromatic rings. The number of hydrogen-bond donors (Lipinski definition) is 1. The van der Waals surface area contributed by atoms with Gasteiger partial charge >= 0.3 is 0 Å². The lowest BCUT2D eigenvalue weighted by Gasteiger charge is -2.25. The molecule has 0 saturated heterocycles. The summed E-state index contributed by atoms with van der Waals surface area (Å²) in [7, 11) is 0. The molecule has 0 unspecified atom stereocenters. The van der Waals surface area contributed by atoms with Crippen molar-refractivity contribution in [2.75, 3.05) is 0 Å². The zero-order valence-corrected chi connectivity index (χ0v) is 13.8. The normalized spacial score (nSPS) is 11.8. The standard InChI is InChI=1S/C16H21Cl2NO/c1-10(2)16(11(3)4)19-15(20)8-6-12-5-7-13(17)9-14(12)18/h5-11,16H,1-4H3,(H,19,20)/b8-6+. The van der Waals surface area contributed by atoms with Crippen molar-refractivity contribution in [2.24, 2.45) is 11.8 Å². The molecule has 1 N–H and O–H groups in total. The van der Waals surface area contributed by atoms with Crippen LogP contribution in [0.25, 0.3) is 6.08 Å². The smallest absolute Gasteiger partial charge is 0.244 e. The molecule has 1 aromatic carbocycles. The van der Waals surface area contributed by atoms with Gasteiger partial charge in [0, 0.05) is 22.2 Å². The number of halogens is 2. The van der Waals surface area contributed by atoms with Crippen molar-refractivity contribution in [1.82, 2.24) is 5.32 Å². The van der Waals surface area contributed by atoms with Gasteiger partial charge in [0.2, 0.25) is 5.91 Å². The number of hydrogen-bond acceptors (Lipinski definition) is 1. The summed E-state index contributed by atoms with van der Waals surface area (Å²) in [6, 6.07) is 5.35. The molecule has 0 aliphatic heterocycles. The highest BCUT2D eigenvalue weighted by molar-refractivity contribution is 6.35. The molecule has 0 atom stereocenters. The summed E-state index contributed by atoms with van der Waals surface area (Å²) >= 11 is 11.9. The van der Waals surface area contributed by atoms with Crippen LogP contribution in [0, 0.1) is 11.8 Å². The maximum atomic E-state index is 11.9. The third-order valence-electron chi connectivity index (χ3n) is 3.12. The molecular formula is C16H21Cl2NO. The van der Waals surface area contributed by atoms with Gasteiger partial charge in [0.15, 0.2) is 0 Å². The van der Waals surface area contributed by atoms with Crippen molar-refractivity contribution in [1.29, 1.82) is 0 Å². The van der Waals surface area contributed by atoms with E-state index in [-0.39, 0.29) is 11.9 Å². The van der Waals surface area contributed by atoms with Gasteiger partial charge in [-0.25, -0.2) is 0 Å². The van der Waals surface area contributed by atoms with E-state index in [0.717, 1.165) is 5.56 Å². The van der Waals surface area contributed by atoms with Gasteiger partial charge in [-0.15, -0.1) is 0 Å². The highest BCUT2D eigenvalue weighted by atomic mass is 35.5. The van der Waals surface area contributed by atoms with Gasteiger partial charge in [0.25, 0.3) is 0 Å². The minimum absolute atomic E-state index is 0.108. The molecule has 4 heteroatoms. The van der Waals surface area contributed by atoms with Crippen LogP contribution in [-0.2, 0) is 4.79 Å².